The number of halogens is 2. The van der Waals surface area contributed by atoms with Crippen LogP contribution in [0.5, 0.6) is 5.75 Å². The normalized spacial score (nSPS) is 11.8. The fourth-order valence-corrected chi connectivity index (χ4v) is 6.40. The molecule has 11 heteroatoms. The summed E-state index contributed by atoms with van der Waals surface area (Å²) in [5.74, 6) is -1.09. The molecule has 0 radical (unpaired) electrons. The Hall–Kier alpha value is -4.41. The average Bonchev–Trinajstić information content (AvgIpc) is 3.07. The summed E-state index contributed by atoms with van der Waals surface area (Å²) in [5, 5.41) is 3.46. The van der Waals surface area contributed by atoms with Crippen molar-refractivity contribution in [3.63, 3.8) is 0 Å². The first-order valence-corrected chi connectivity index (χ1v) is 16.7. The minimum absolute atomic E-state index is 0.00847. The van der Waals surface area contributed by atoms with Gasteiger partial charge in [-0.3, -0.25) is 13.9 Å². The van der Waals surface area contributed by atoms with Gasteiger partial charge in [-0.15, -0.1) is 0 Å². The highest BCUT2D eigenvalue weighted by Gasteiger charge is 2.34. The number of rotatable bonds is 15. The molecule has 8 nitrogen and oxygen atoms in total. The zero-order valence-electron chi connectivity index (χ0n) is 25.7. The molecule has 0 spiro atoms. The predicted molar refractivity (Wildman–Crippen MR) is 178 cm³/mol. The van der Waals surface area contributed by atoms with Crippen molar-refractivity contribution in [3.8, 4) is 5.75 Å². The lowest BCUT2D eigenvalue weighted by Gasteiger charge is -2.34. The average molecular weight is 666 g/mol. The molecule has 0 heterocycles. The van der Waals surface area contributed by atoms with Gasteiger partial charge in [-0.1, -0.05) is 67.4 Å². The number of nitrogens with one attached hydrogen (secondary N) is 1. The molecule has 2 amide bonds. The molecule has 4 aromatic carbocycles. The fraction of sp³-hybridized carbons (Fsp3) is 0.257. The Bertz CT molecular complexity index is 1690. The van der Waals surface area contributed by atoms with Crippen molar-refractivity contribution < 1.29 is 27.1 Å². The van der Waals surface area contributed by atoms with Gasteiger partial charge in [0.1, 0.15) is 24.2 Å². The van der Waals surface area contributed by atoms with Crippen molar-refractivity contribution in [2.75, 3.05) is 24.5 Å². The van der Waals surface area contributed by atoms with E-state index in [2.05, 4.69) is 5.32 Å². The molecule has 0 fully saturated rings. The van der Waals surface area contributed by atoms with Gasteiger partial charge in [0.2, 0.25) is 11.8 Å². The molecular weight excluding hydrogens is 629 g/mol. The number of nitrogens with zero attached hydrogens (tertiary/aromatic N) is 2. The quantitative estimate of drug-likeness (QED) is 0.152. The minimum Gasteiger partial charge on any atom is -0.497 e. The van der Waals surface area contributed by atoms with Gasteiger partial charge >= 0.3 is 0 Å². The third-order valence-electron chi connectivity index (χ3n) is 7.41. The zero-order valence-corrected chi connectivity index (χ0v) is 27.3. The van der Waals surface area contributed by atoms with Crippen molar-refractivity contribution in [1.29, 1.82) is 0 Å². The standard InChI is InChI=1S/C35H37ClFN3O5S/c1-3-4-22-38-35(42)33(23-26-8-6-5-7-9-26)39(24-27-10-12-28(36)13-11-27)34(41)25-40(30-16-14-29(37)15-17-30)46(43,44)32-20-18-31(45-2)19-21-32/h5-21,33H,3-4,22-25H2,1-2H3,(H,38,42)/t33-/m1/s1. The minimum atomic E-state index is -4.33. The van der Waals surface area contributed by atoms with Gasteiger partial charge in [-0.2, -0.15) is 0 Å². The Morgan fingerprint density at radius 1 is 0.891 bits per heavy atom. The molecule has 0 aliphatic rings. The van der Waals surface area contributed by atoms with Crippen LogP contribution < -0.4 is 14.4 Å². The topological polar surface area (TPSA) is 96.0 Å². The van der Waals surface area contributed by atoms with Crippen molar-refractivity contribution >= 4 is 39.1 Å². The maximum atomic E-state index is 14.4. The Morgan fingerprint density at radius 3 is 2.15 bits per heavy atom. The highest BCUT2D eigenvalue weighted by Crippen LogP contribution is 2.27. The fourth-order valence-electron chi connectivity index (χ4n) is 4.86. The molecule has 0 bridgehead atoms. The number of carbonyl (C=O) groups is 2. The summed E-state index contributed by atoms with van der Waals surface area (Å²) in [6, 6.07) is 25.8. The van der Waals surface area contributed by atoms with Crippen LogP contribution in [0.25, 0.3) is 0 Å². The summed E-state index contributed by atoms with van der Waals surface area (Å²) in [4.78, 5) is 29.5. The first-order valence-electron chi connectivity index (χ1n) is 14.9. The van der Waals surface area contributed by atoms with Crippen LogP contribution in [0, 0.1) is 5.82 Å². The van der Waals surface area contributed by atoms with Crippen molar-refractivity contribution in [2.45, 2.75) is 43.7 Å². The molecule has 0 saturated heterocycles. The number of hydrogen-bond acceptors (Lipinski definition) is 5. The predicted octanol–water partition coefficient (Wildman–Crippen LogP) is 6.24. The number of hydrogen-bond donors (Lipinski definition) is 1. The second kappa shape index (κ2) is 16.2. The first-order chi connectivity index (χ1) is 22.1. The number of methoxy groups -OCH3 is 1. The lowest BCUT2D eigenvalue weighted by Crippen LogP contribution is -2.53. The SMILES string of the molecule is CCCCNC(=O)[C@@H](Cc1ccccc1)N(Cc1ccc(Cl)cc1)C(=O)CN(c1ccc(F)cc1)S(=O)(=O)c1ccc(OC)cc1. The molecule has 0 unspecified atom stereocenters. The van der Waals surface area contributed by atoms with Gasteiger partial charge in [0.15, 0.2) is 0 Å². The van der Waals surface area contributed by atoms with E-state index in [1.165, 1.54) is 48.4 Å². The van der Waals surface area contributed by atoms with Gasteiger partial charge in [0, 0.05) is 24.5 Å². The van der Waals surface area contributed by atoms with E-state index in [0.29, 0.717) is 22.9 Å². The van der Waals surface area contributed by atoms with Gasteiger partial charge in [0.25, 0.3) is 10.0 Å². The molecule has 0 aliphatic carbocycles. The van der Waals surface area contributed by atoms with Crippen LogP contribution in [0.2, 0.25) is 5.02 Å². The molecular formula is C35H37ClFN3O5S. The number of ether oxygens (including phenoxy) is 1. The lowest BCUT2D eigenvalue weighted by molar-refractivity contribution is -0.140. The van der Waals surface area contributed by atoms with Gasteiger partial charge in [-0.05, 0) is 78.2 Å². The van der Waals surface area contributed by atoms with E-state index in [1.54, 1.807) is 24.3 Å². The van der Waals surface area contributed by atoms with E-state index in [1.807, 2.05) is 37.3 Å². The Kier molecular flexibility index (Phi) is 12.2. The van der Waals surface area contributed by atoms with Crippen LogP contribution in [-0.2, 0) is 32.6 Å². The second-order valence-corrected chi connectivity index (χ2v) is 13.0. The van der Waals surface area contributed by atoms with E-state index < -0.39 is 34.3 Å². The number of unbranched alkanes of at least 4 members (excludes halogenated alkanes) is 1. The third-order valence-corrected chi connectivity index (χ3v) is 9.45. The molecule has 242 valence electrons. The number of sulfonamides is 1. The van der Waals surface area contributed by atoms with E-state index in [4.69, 9.17) is 16.3 Å². The number of benzene rings is 4. The zero-order chi connectivity index (χ0) is 33.1. The van der Waals surface area contributed by atoms with Crippen molar-refractivity contribution in [2.24, 2.45) is 0 Å². The van der Waals surface area contributed by atoms with E-state index in [0.717, 1.165) is 34.8 Å². The van der Waals surface area contributed by atoms with Crippen LogP contribution in [0.3, 0.4) is 0 Å². The molecule has 0 aromatic heterocycles. The van der Waals surface area contributed by atoms with Gasteiger partial charge in [-0.25, -0.2) is 12.8 Å². The number of anilines is 1. The van der Waals surface area contributed by atoms with Gasteiger partial charge in [0.05, 0.1) is 17.7 Å². The van der Waals surface area contributed by atoms with Crippen LogP contribution >= 0.6 is 11.6 Å². The molecule has 46 heavy (non-hydrogen) atoms. The van der Waals surface area contributed by atoms with Crippen molar-refractivity contribution in [1.82, 2.24) is 10.2 Å². The molecule has 1 atom stereocenters. The Labute approximate surface area is 274 Å². The highest BCUT2D eigenvalue weighted by atomic mass is 35.5. The maximum Gasteiger partial charge on any atom is 0.264 e. The first kappa shape index (κ1) is 34.5. The second-order valence-electron chi connectivity index (χ2n) is 10.7. The maximum absolute atomic E-state index is 14.4. The molecule has 4 aromatic rings. The van der Waals surface area contributed by atoms with E-state index >= 15 is 0 Å². The summed E-state index contributed by atoms with van der Waals surface area (Å²) < 4.78 is 48.2. The number of carbonyl (C=O) groups excluding carboxylic acids is 2. The van der Waals surface area contributed by atoms with Crippen molar-refractivity contribution in [3.05, 3.63) is 125 Å². The van der Waals surface area contributed by atoms with Crippen LogP contribution in [-0.4, -0.2) is 51.4 Å². The third kappa shape index (κ3) is 9.08. The van der Waals surface area contributed by atoms with Crippen LogP contribution in [0.15, 0.2) is 108 Å². The largest absolute Gasteiger partial charge is 0.497 e. The number of amides is 2. The van der Waals surface area contributed by atoms with E-state index in [9.17, 15) is 22.4 Å². The molecule has 0 aliphatic heterocycles. The highest BCUT2D eigenvalue weighted by molar-refractivity contribution is 7.92. The summed E-state index contributed by atoms with van der Waals surface area (Å²) in [6.45, 7) is 1.80. The monoisotopic (exact) mass is 665 g/mol. The molecule has 0 saturated carbocycles. The summed E-state index contributed by atoms with van der Waals surface area (Å²) in [5.41, 5.74) is 1.61. The Balaban J connectivity index is 1.78. The van der Waals surface area contributed by atoms with E-state index in [-0.39, 0.29) is 29.5 Å². The smallest absolute Gasteiger partial charge is 0.264 e. The summed E-state index contributed by atoms with van der Waals surface area (Å²) >= 11 is 6.12. The summed E-state index contributed by atoms with van der Waals surface area (Å²) in [6.07, 6.45) is 1.82. The molecule has 1 N–H and O–H groups in total. The van der Waals surface area contributed by atoms with Crippen LogP contribution in [0.4, 0.5) is 10.1 Å². The lowest BCUT2D eigenvalue weighted by atomic mass is 10.0. The Morgan fingerprint density at radius 2 is 1.54 bits per heavy atom. The summed E-state index contributed by atoms with van der Waals surface area (Å²) in [7, 11) is -2.87. The van der Waals surface area contributed by atoms with Crippen LogP contribution in [0.1, 0.15) is 30.9 Å². The van der Waals surface area contributed by atoms with Gasteiger partial charge < -0.3 is 15.0 Å². The molecule has 4 rings (SSSR count).